The molecule has 0 aromatic heterocycles. The van der Waals surface area contributed by atoms with Gasteiger partial charge in [-0.25, -0.2) is 27.5 Å². The van der Waals surface area contributed by atoms with Crippen LogP contribution in [0.5, 0.6) is 11.5 Å². The molecule has 38 heavy (non-hydrogen) atoms. The van der Waals surface area contributed by atoms with Crippen molar-refractivity contribution >= 4 is 33.6 Å². The zero-order valence-electron chi connectivity index (χ0n) is 20.0. The van der Waals surface area contributed by atoms with Gasteiger partial charge >= 0.3 is 6.09 Å². The molecule has 2 aliphatic rings. The fourth-order valence-corrected chi connectivity index (χ4v) is 6.45. The van der Waals surface area contributed by atoms with Gasteiger partial charge in [0.15, 0.2) is 17.4 Å². The van der Waals surface area contributed by atoms with Crippen molar-refractivity contribution in [2.24, 2.45) is 0 Å². The Bertz CT molecular complexity index is 1290. The number of hydrogen-bond donors (Lipinski definition) is 2. The number of carbonyl (C=O) groups is 2. The molecule has 0 aliphatic carbocycles. The molecule has 0 spiro atoms. The molecule has 0 saturated carbocycles. The Morgan fingerprint density at radius 1 is 1.13 bits per heavy atom. The molecule has 2 aromatic rings. The fourth-order valence-electron chi connectivity index (χ4n) is 4.64. The van der Waals surface area contributed by atoms with E-state index in [2.05, 4.69) is 0 Å². The molecule has 15 heteroatoms. The van der Waals surface area contributed by atoms with Crippen molar-refractivity contribution in [2.75, 3.05) is 26.9 Å². The fraction of sp³-hybridized carbons (Fsp3) is 0.391. The molecule has 2 fully saturated rings. The van der Waals surface area contributed by atoms with Gasteiger partial charge in [0.1, 0.15) is 18.4 Å². The van der Waals surface area contributed by atoms with Crippen LogP contribution in [-0.2, 0) is 24.3 Å². The highest BCUT2D eigenvalue weighted by atomic mass is 35.5. The van der Waals surface area contributed by atoms with Gasteiger partial charge in [0.2, 0.25) is 10.0 Å². The van der Waals surface area contributed by atoms with E-state index in [1.807, 2.05) is 0 Å². The monoisotopic (exact) mass is 575 g/mol. The average molecular weight is 576 g/mol. The molecule has 11 nitrogen and oxygen atoms in total. The summed E-state index contributed by atoms with van der Waals surface area (Å²) in [7, 11) is -3.27. The number of methoxy groups -OCH3 is 1. The maximum absolute atomic E-state index is 14.9. The molecule has 2 saturated heterocycles. The predicted molar refractivity (Wildman–Crippen MR) is 127 cm³/mol. The third kappa shape index (κ3) is 5.40. The van der Waals surface area contributed by atoms with Crippen LogP contribution in [0, 0.1) is 11.6 Å². The summed E-state index contributed by atoms with van der Waals surface area (Å²) in [6.07, 6.45) is -0.213. The summed E-state index contributed by atoms with van der Waals surface area (Å²) in [5.74, 6) is -4.49. The van der Waals surface area contributed by atoms with Gasteiger partial charge in [-0.15, -0.1) is 0 Å². The number of hydrogen-bond acceptors (Lipinski definition) is 8. The molecule has 2 aliphatic heterocycles. The number of amides is 2. The topological polar surface area (TPSA) is 135 Å². The summed E-state index contributed by atoms with van der Waals surface area (Å²) in [5, 5.41) is 9.70. The van der Waals surface area contributed by atoms with Crippen LogP contribution < -0.4 is 10.2 Å². The maximum atomic E-state index is 14.9. The van der Waals surface area contributed by atoms with Crippen molar-refractivity contribution in [1.29, 1.82) is 0 Å². The van der Waals surface area contributed by atoms with Crippen molar-refractivity contribution in [2.45, 2.75) is 35.9 Å². The lowest BCUT2D eigenvalue weighted by Crippen LogP contribution is -2.66. The molecule has 0 radical (unpaired) electrons. The zero-order chi connectivity index (χ0) is 27.6. The minimum atomic E-state index is -4.69. The highest BCUT2D eigenvalue weighted by molar-refractivity contribution is 7.89. The van der Waals surface area contributed by atoms with Crippen molar-refractivity contribution in [3.05, 3.63) is 53.1 Å². The summed E-state index contributed by atoms with van der Waals surface area (Å²) in [6, 6.07) is 3.53. The summed E-state index contributed by atoms with van der Waals surface area (Å²) in [4.78, 5) is 25.8. The SMILES string of the molecule is COCCOC(=O)N1[C@H]2CC[C@@H]1[C@@H](C(=O)NO)N(S(=O)(=O)c1cc(F)c(Oc3ccc(Cl)cc3)c(F)c1)C2. The Balaban J connectivity index is 1.64. The summed E-state index contributed by atoms with van der Waals surface area (Å²) < 4.78 is 72.9. The maximum Gasteiger partial charge on any atom is 0.410 e. The lowest BCUT2D eigenvalue weighted by Gasteiger charge is -2.44. The largest absolute Gasteiger partial charge is 0.451 e. The van der Waals surface area contributed by atoms with Crippen LogP contribution >= 0.6 is 11.6 Å². The van der Waals surface area contributed by atoms with Crippen LogP contribution in [0.4, 0.5) is 13.6 Å². The number of piperazine rings is 1. The first-order valence-electron chi connectivity index (χ1n) is 11.4. The summed E-state index contributed by atoms with van der Waals surface area (Å²) in [6.45, 7) is -0.305. The molecule has 2 bridgehead atoms. The minimum Gasteiger partial charge on any atom is -0.451 e. The Labute approximate surface area is 221 Å². The van der Waals surface area contributed by atoms with Crippen LogP contribution in [-0.4, -0.2) is 79.8 Å². The van der Waals surface area contributed by atoms with Crippen LogP contribution in [0.2, 0.25) is 5.02 Å². The molecule has 4 rings (SSSR count). The normalized spacial score (nSPS) is 21.3. The molecule has 0 unspecified atom stereocenters. The molecule has 3 atom stereocenters. The highest BCUT2D eigenvalue weighted by Gasteiger charge is 2.55. The van der Waals surface area contributed by atoms with Crippen LogP contribution in [0.1, 0.15) is 12.8 Å². The number of nitrogens with zero attached hydrogens (tertiary/aromatic N) is 2. The number of fused-ring (bicyclic) bond motifs is 2. The van der Waals surface area contributed by atoms with Crippen LogP contribution in [0.15, 0.2) is 41.3 Å². The third-order valence-electron chi connectivity index (χ3n) is 6.33. The van der Waals surface area contributed by atoms with E-state index in [0.29, 0.717) is 23.6 Å². The minimum absolute atomic E-state index is 0.0624. The van der Waals surface area contributed by atoms with Gasteiger partial charge in [0.25, 0.3) is 5.91 Å². The first kappa shape index (κ1) is 28.0. The third-order valence-corrected chi connectivity index (χ3v) is 8.40. The second-order valence-electron chi connectivity index (χ2n) is 8.58. The van der Waals surface area contributed by atoms with E-state index in [1.54, 1.807) is 0 Å². The highest BCUT2D eigenvalue weighted by Crippen LogP contribution is 2.39. The molecule has 2 aromatic carbocycles. The number of halogens is 3. The number of benzene rings is 2. The van der Waals surface area contributed by atoms with Gasteiger partial charge in [-0.3, -0.25) is 14.9 Å². The number of nitrogens with one attached hydrogen (secondary N) is 1. The van der Waals surface area contributed by atoms with Gasteiger partial charge in [-0.1, -0.05) is 11.6 Å². The van der Waals surface area contributed by atoms with Crippen molar-refractivity contribution in [3.8, 4) is 11.5 Å². The second kappa shape index (κ2) is 11.4. The van der Waals surface area contributed by atoms with Gasteiger partial charge in [-0.05, 0) is 49.2 Å². The lowest BCUT2D eigenvalue weighted by atomic mass is 10.1. The zero-order valence-corrected chi connectivity index (χ0v) is 21.5. The van der Waals surface area contributed by atoms with E-state index in [-0.39, 0.29) is 31.9 Å². The van der Waals surface area contributed by atoms with E-state index in [9.17, 15) is 32.0 Å². The molecular formula is C23H24ClF2N3O8S. The number of sulfonamides is 1. The Morgan fingerprint density at radius 3 is 2.39 bits per heavy atom. The van der Waals surface area contributed by atoms with E-state index < -0.39 is 62.4 Å². The standard InChI is InChI=1S/C23H24ClF2N3O8S/c1-35-8-9-36-23(31)29-14-4-7-19(29)20(22(30)27-32)28(12-14)38(33,34)16-10-17(25)21(18(26)11-16)37-15-5-2-13(24)3-6-15/h2-3,5-6,10-11,14,19-20,32H,4,7-9,12H2,1H3,(H,27,30)/t14-,19+,20-/m0/s1. The average Bonchev–Trinajstić information content (AvgIpc) is 3.19. The number of carbonyl (C=O) groups excluding carboxylic acids is 2. The summed E-state index contributed by atoms with van der Waals surface area (Å²) >= 11 is 5.79. The van der Waals surface area contributed by atoms with Crippen molar-refractivity contribution < 1.29 is 46.2 Å². The van der Waals surface area contributed by atoms with E-state index in [0.717, 1.165) is 4.31 Å². The molecule has 2 heterocycles. The number of rotatable bonds is 8. The second-order valence-corrected chi connectivity index (χ2v) is 10.9. The lowest BCUT2D eigenvalue weighted by molar-refractivity contribution is -0.136. The quantitative estimate of drug-likeness (QED) is 0.279. The van der Waals surface area contributed by atoms with Crippen LogP contribution in [0.25, 0.3) is 0 Å². The van der Waals surface area contributed by atoms with Gasteiger partial charge < -0.3 is 14.2 Å². The van der Waals surface area contributed by atoms with Gasteiger partial charge in [0, 0.05) is 24.7 Å². The van der Waals surface area contributed by atoms with Crippen LogP contribution in [0.3, 0.4) is 0 Å². The molecular weight excluding hydrogens is 552 g/mol. The predicted octanol–water partition coefficient (Wildman–Crippen LogP) is 2.90. The van der Waals surface area contributed by atoms with E-state index in [1.165, 1.54) is 41.8 Å². The Kier molecular flexibility index (Phi) is 8.37. The Morgan fingerprint density at radius 2 is 1.79 bits per heavy atom. The summed E-state index contributed by atoms with van der Waals surface area (Å²) in [5.41, 5.74) is 1.42. The number of ether oxygens (including phenoxy) is 3. The van der Waals surface area contributed by atoms with E-state index >= 15 is 0 Å². The van der Waals surface area contributed by atoms with E-state index in [4.69, 9.17) is 25.8 Å². The molecule has 2 amide bonds. The molecule has 2 N–H and O–H groups in total. The number of hydroxylamine groups is 1. The van der Waals surface area contributed by atoms with Gasteiger partial charge in [-0.2, -0.15) is 4.31 Å². The molecule has 206 valence electrons. The van der Waals surface area contributed by atoms with Gasteiger partial charge in [0.05, 0.1) is 17.5 Å². The first-order chi connectivity index (χ1) is 18.1. The van der Waals surface area contributed by atoms with Crippen molar-refractivity contribution in [1.82, 2.24) is 14.7 Å². The first-order valence-corrected chi connectivity index (χ1v) is 13.2. The smallest absolute Gasteiger partial charge is 0.410 e. The van der Waals surface area contributed by atoms with Crippen molar-refractivity contribution in [3.63, 3.8) is 0 Å². The Hall–Kier alpha value is -3.04.